The summed E-state index contributed by atoms with van der Waals surface area (Å²) >= 11 is 0. The summed E-state index contributed by atoms with van der Waals surface area (Å²) in [5.41, 5.74) is 0.588. The van der Waals surface area contributed by atoms with Crippen molar-refractivity contribution in [3.63, 3.8) is 0 Å². The van der Waals surface area contributed by atoms with Gasteiger partial charge in [0.1, 0.15) is 17.7 Å². The second kappa shape index (κ2) is 6.05. The van der Waals surface area contributed by atoms with E-state index >= 15 is 0 Å². The number of benzene rings is 1. The minimum absolute atomic E-state index is 0.0137. The highest BCUT2D eigenvalue weighted by Crippen LogP contribution is 2.37. The number of rotatable bonds is 4. The van der Waals surface area contributed by atoms with Crippen LogP contribution in [0.1, 0.15) is 24.6 Å². The number of alkyl halides is 1. The highest BCUT2D eigenvalue weighted by atomic mass is 19.1. The fourth-order valence-electron chi connectivity index (χ4n) is 2.44. The quantitative estimate of drug-likeness (QED) is 0.895. The first-order chi connectivity index (χ1) is 8.76. The SMILES string of the molecule is COc1ccc(OC)c(C(F)C2CCCNC2)c1. The smallest absolute Gasteiger partial charge is 0.133 e. The Kier molecular flexibility index (Phi) is 4.42. The first-order valence-electron chi connectivity index (χ1n) is 6.33. The Morgan fingerprint density at radius 1 is 1.33 bits per heavy atom. The lowest BCUT2D eigenvalue weighted by molar-refractivity contribution is 0.189. The summed E-state index contributed by atoms with van der Waals surface area (Å²) in [6.45, 7) is 1.71. The molecule has 2 unspecified atom stereocenters. The fourth-order valence-corrected chi connectivity index (χ4v) is 2.44. The first kappa shape index (κ1) is 13.1. The van der Waals surface area contributed by atoms with Crippen molar-refractivity contribution in [2.75, 3.05) is 27.3 Å². The van der Waals surface area contributed by atoms with E-state index in [9.17, 15) is 4.39 Å². The van der Waals surface area contributed by atoms with E-state index in [1.54, 1.807) is 32.4 Å². The van der Waals surface area contributed by atoms with Crippen molar-refractivity contribution in [1.82, 2.24) is 5.32 Å². The molecule has 0 aliphatic carbocycles. The molecule has 1 heterocycles. The van der Waals surface area contributed by atoms with E-state index in [0.717, 1.165) is 25.9 Å². The maximum absolute atomic E-state index is 14.6. The van der Waals surface area contributed by atoms with Crippen molar-refractivity contribution < 1.29 is 13.9 Å². The Morgan fingerprint density at radius 3 is 2.78 bits per heavy atom. The highest BCUT2D eigenvalue weighted by Gasteiger charge is 2.27. The van der Waals surface area contributed by atoms with E-state index in [2.05, 4.69) is 5.32 Å². The van der Waals surface area contributed by atoms with E-state index in [4.69, 9.17) is 9.47 Å². The van der Waals surface area contributed by atoms with Crippen LogP contribution in [0.2, 0.25) is 0 Å². The molecule has 0 bridgehead atoms. The van der Waals surface area contributed by atoms with Crippen molar-refractivity contribution in [3.05, 3.63) is 23.8 Å². The summed E-state index contributed by atoms with van der Waals surface area (Å²) in [5.74, 6) is 1.27. The Bertz CT molecular complexity index is 391. The molecule has 0 spiro atoms. The molecule has 0 aromatic heterocycles. The number of hydrogen-bond acceptors (Lipinski definition) is 3. The highest BCUT2D eigenvalue weighted by molar-refractivity contribution is 5.42. The van der Waals surface area contributed by atoms with Crippen molar-refractivity contribution in [2.24, 2.45) is 5.92 Å². The number of halogens is 1. The largest absolute Gasteiger partial charge is 0.497 e. The fraction of sp³-hybridized carbons (Fsp3) is 0.571. The molecule has 100 valence electrons. The van der Waals surface area contributed by atoms with Gasteiger partial charge in [-0.25, -0.2) is 4.39 Å². The van der Waals surface area contributed by atoms with Crippen LogP contribution >= 0.6 is 0 Å². The average Bonchev–Trinajstić information content (AvgIpc) is 2.46. The third-order valence-corrected chi connectivity index (χ3v) is 3.48. The van der Waals surface area contributed by atoms with Gasteiger partial charge < -0.3 is 14.8 Å². The molecule has 1 aromatic rings. The van der Waals surface area contributed by atoms with Gasteiger partial charge in [-0.1, -0.05) is 0 Å². The Hall–Kier alpha value is -1.29. The van der Waals surface area contributed by atoms with E-state index in [1.807, 2.05) is 0 Å². The van der Waals surface area contributed by atoms with Crippen LogP contribution in [0, 0.1) is 5.92 Å². The van der Waals surface area contributed by atoms with Crippen LogP contribution in [0.25, 0.3) is 0 Å². The van der Waals surface area contributed by atoms with Crippen LogP contribution < -0.4 is 14.8 Å². The third-order valence-electron chi connectivity index (χ3n) is 3.48. The number of methoxy groups -OCH3 is 2. The first-order valence-corrected chi connectivity index (χ1v) is 6.33. The average molecular weight is 253 g/mol. The van der Waals surface area contributed by atoms with Crippen LogP contribution in [0.15, 0.2) is 18.2 Å². The number of nitrogens with one attached hydrogen (secondary N) is 1. The second-order valence-electron chi connectivity index (χ2n) is 4.62. The zero-order valence-electron chi connectivity index (χ0n) is 10.9. The topological polar surface area (TPSA) is 30.5 Å². The number of piperidine rings is 1. The minimum atomic E-state index is -1.01. The molecule has 1 aliphatic rings. The molecule has 1 saturated heterocycles. The van der Waals surface area contributed by atoms with E-state index in [-0.39, 0.29) is 5.92 Å². The Labute approximate surface area is 107 Å². The minimum Gasteiger partial charge on any atom is -0.497 e. The molecule has 2 rings (SSSR count). The molecule has 1 N–H and O–H groups in total. The van der Waals surface area contributed by atoms with Gasteiger partial charge in [-0.2, -0.15) is 0 Å². The summed E-state index contributed by atoms with van der Waals surface area (Å²) in [7, 11) is 3.15. The standard InChI is InChI=1S/C14H20FNO2/c1-17-11-5-6-13(18-2)12(8-11)14(15)10-4-3-7-16-9-10/h5-6,8,10,14,16H,3-4,7,9H2,1-2H3. The predicted octanol–water partition coefficient (Wildman–Crippen LogP) is 2.71. The lowest BCUT2D eigenvalue weighted by atomic mass is 9.90. The zero-order valence-corrected chi connectivity index (χ0v) is 10.9. The lowest BCUT2D eigenvalue weighted by Crippen LogP contribution is -2.32. The van der Waals surface area contributed by atoms with E-state index in [1.165, 1.54) is 0 Å². The molecule has 0 radical (unpaired) electrons. The molecule has 2 atom stereocenters. The molecular formula is C14H20FNO2. The van der Waals surface area contributed by atoms with Crippen LogP contribution in [0.3, 0.4) is 0 Å². The maximum Gasteiger partial charge on any atom is 0.133 e. The Morgan fingerprint density at radius 2 is 2.17 bits per heavy atom. The monoisotopic (exact) mass is 253 g/mol. The van der Waals surface area contributed by atoms with Gasteiger partial charge in [-0.3, -0.25) is 0 Å². The molecule has 3 nitrogen and oxygen atoms in total. The molecule has 4 heteroatoms. The van der Waals surface area contributed by atoms with Crippen LogP contribution in [0.5, 0.6) is 11.5 Å². The lowest BCUT2D eigenvalue weighted by Gasteiger charge is -2.27. The van der Waals surface area contributed by atoms with Crippen molar-refractivity contribution >= 4 is 0 Å². The van der Waals surface area contributed by atoms with Crippen LogP contribution in [-0.4, -0.2) is 27.3 Å². The van der Waals surface area contributed by atoms with Gasteiger partial charge >= 0.3 is 0 Å². The van der Waals surface area contributed by atoms with Crippen LogP contribution in [-0.2, 0) is 0 Å². The summed E-state index contributed by atoms with van der Waals surface area (Å²) in [4.78, 5) is 0. The van der Waals surface area contributed by atoms with Gasteiger partial charge in [0, 0.05) is 18.0 Å². The van der Waals surface area contributed by atoms with E-state index in [0.29, 0.717) is 17.1 Å². The van der Waals surface area contributed by atoms with Gasteiger partial charge in [0.05, 0.1) is 14.2 Å². The summed E-state index contributed by atoms with van der Waals surface area (Å²) in [6, 6.07) is 5.28. The molecule has 1 aliphatic heterocycles. The number of hydrogen-bond donors (Lipinski definition) is 1. The van der Waals surface area contributed by atoms with Crippen LogP contribution in [0.4, 0.5) is 4.39 Å². The summed E-state index contributed by atoms with van der Waals surface area (Å²) in [6.07, 6.45) is 0.925. The van der Waals surface area contributed by atoms with E-state index < -0.39 is 6.17 Å². The van der Waals surface area contributed by atoms with Gasteiger partial charge in [0.15, 0.2) is 0 Å². The van der Waals surface area contributed by atoms with Crippen molar-refractivity contribution in [2.45, 2.75) is 19.0 Å². The van der Waals surface area contributed by atoms with Crippen molar-refractivity contribution in [1.29, 1.82) is 0 Å². The Balaban J connectivity index is 2.23. The molecule has 0 saturated carbocycles. The molecule has 18 heavy (non-hydrogen) atoms. The van der Waals surface area contributed by atoms with Gasteiger partial charge in [0.25, 0.3) is 0 Å². The zero-order chi connectivity index (χ0) is 13.0. The second-order valence-corrected chi connectivity index (χ2v) is 4.62. The summed E-state index contributed by atoms with van der Waals surface area (Å²) in [5, 5.41) is 3.24. The third kappa shape index (κ3) is 2.75. The molecule has 1 fully saturated rings. The molecular weight excluding hydrogens is 233 g/mol. The predicted molar refractivity (Wildman–Crippen MR) is 69.0 cm³/mol. The number of ether oxygens (including phenoxy) is 2. The normalized spacial score (nSPS) is 21.4. The molecule has 0 amide bonds. The maximum atomic E-state index is 14.6. The van der Waals surface area contributed by atoms with Gasteiger partial charge in [-0.15, -0.1) is 0 Å². The molecule has 1 aromatic carbocycles. The van der Waals surface area contributed by atoms with Gasteiger partial charge in [-0.05, 0) is 37.6 Å². The van der Waals surface area contributed by atoms with Gasteiger partial charge in [0.2, 0.25) is 0 Å². The van der Waals surface area contributed by atoms with Crippen molar-refractivity contribution in [3.8, 4) is 11.5 Å². The summed E-state index contributed by atoms with van der Waals surface area (Å²) < 4.78 is 25.0.